The first kappa shape index (κ1) is 13.0. The molecule has 9 nitrogen and oxygen atoms in total. The fourth-order valence-corrected chi connectivity index (χ4v) is 2.47. The van der Waals surface area contributed by atoms with Gasteiger partial charge in [0, 0.05) is 5.56 Å². The van der Waals surface area contributed by atoms with Crippen molar-refractivity contribution in [2.24, 2.45) is 27.2 Å². The number of fused-ring (bicyclic) bond motifs is 1. The molecule has 106 valence electrons. The molecule has 21 heavy (non-hydrogen) atoms. The van der Waals surface area contributed by atoms with Crippen molar-refractivity contribution in [1.29, 1.82) is 0 Å². The molecule has 2 aromatic heterocycles. The Morgan fingerprint density at radius 1 is 1.14 bits per heavy atom. The zero-order chi connectivity index (χ0) is 14.8. The Balaban J connectivity index is 1.87. The molecule has 0 amide bonds. The summed E-state index contributed by atoms with van der Waals surface area (Å²) in [5.41, 5.74) is 17.6. The Kier molecular flexibility index (Phi) is 3.20. The van der Waals surface area contributed by atoms with Crippen molar-refractivity contribution in [2.45, 2.75) is 0 Å². The first-order valence-corrected chi connectivity index (χ1v) is 6.64. The maximum Gasteiger partial charge on any atom is 0.234 e. The van der Waals surface area contributed by atoms with Gasteiger partial charge in [-0.05, 0) is 24.3 Å². The van der Waals surface area contributed by atoms with E-state index in [2.05, 4.69) is 25.3 Å². The first-order valence-electron chi connectivity index (χ1n) is 5.83. The molecular weight excluding hydrogens is 290 g/mol. The monoisotopic (exact) mass is 301 g/mol. The van der Waals surface area contributed by atoms with Gasteiger partial charge in [0.05, 0.1) is 5.69 Å². The average Bonchev–Trinajstić information content (AvgIpc) is 2.99. The standard InChI is InChI=1S/C11H11N9S/c12-9(13)17-10(14)16-7-3-1-6(2-4-7)8-19-20-5-15-18-11(20)21-8/h1-5H,(H6,12,13,14,16,17). The fourth-order valence-electron chi connectivity index (χ4n) is 1.64. The first-order chi connectivity index (χ1) is 10.1. The lowest BCUT2D eigenvalue weighted by Crippen LogP contribution is -2.26. The van der Waals surface area contributed by atoms with Crippen molar-refractivity contribution in [3.05, 3.63) is 30.6 Å². The van der Waals surface area contributed by atoms with Gasteiger partial charge in [-0.1, -0.05) is 11.3 Å². The minimum absolute atomic E-state index is 0.00143. The number of hydrogen-bond donors (Lipinski definition) is 3. The number of benzene rings is 1. The Morgan fingerprint density at radius 2 is 1.90 bits per heavy atom. The van der Waals surface area contributed by atoms with E-state index in [0.29, 0.717) is 5.69 Å². The van der Waals surface area contributed by atoms with Crippen LogP contribution in [0.4, 0.5) is 5.69 Å². The second kappa shape index (κ2) is 5.17. The second-order valence-corrected chi connectivity index (χ2v) is 4.97. The van der Waals surface area contributed by atoms with Crippen LogP contribution in [0, 0.1) is 0 Å². The predicted octanol–water partition coefficient (Wildman–Crippen LogP) is 0.0724. The quantitative estimate of drug-likeness (QED) is 0.451. The summed E-state index contributed by atoms with van der Waals surface area (Å²) in [4.78, 5) is 8.46. The summed E-state index contributed by atoms with van der Waals surface area (Å²) < 4.78 is 1.63. The molecule has 0 aliphatic carbocycles. The van der Waals surface area contributed by atoms with Gasteiger partial charge in [0.1, 0.15) is 11.3 Å². The molecule has 3 aromatic rings. The van der Waals surface area contributed by atoms with E-state index in [1.165, 1.54) is 11.3 Å². The van der Waals surface area contributed by atoms with E-state index in [4.69, 9.17) is 17.2 Å². The van der Waals surface area contributed by atoms with Crippen LogP contribution in [0.25, 0.3) is 15.5 Å². The van der Waals surface area contributed by atoms with Gasteiger partial charge in [0.15, 0.2) is 5.96 Å². The zero-order valence-electron chi connectivity index (χ0n) is 10.7. The number of nitrogens with zero attached hydrogens (tertiary/aromatic N) is 6. The summed E-state index contributed by atoms with van der Waals surface area (Å²) in [6.07, 6.45) is 1.56. The fraction of sp³-hybridized carbons (Fsp3) is 0. The molecule has 2 heterocycles. The van der Waals surface area contributed by atoms with Crippen molar-refractivity contribution in [3.8, 4) is 10.6 Å². The Morgan fingerprint density at radius 3 is 2.57 bits per heavy atom. The minimum atomic E-state index is -0.132. The molecule has 1 aromatic carbocycles. The highest BCUT2D eigenvalue weighted by Crippen LogP contribution is 2.26. The van der Waals surface area contributed by atoms with Crippen molar-refractivity contribution in [2.75, 3.05) is 0 Å². The van der Waals surface area contributed by atoms with Crippen LogP contribution in [0.5, 0.6) is 0 Å². The number of nitrogens with two attached hydrogens (primary N) is 3. The third-order valence-corrected chi connectivity index (χ3v) is 3.45. The van der Waals surface area contributed by atoms with Crippen molar-refractivity contribution >= 4 is 33.9 Å². The summed E-state index contributed by atoms with van der Waals surface area (Å²) in [6.45, 7) is 0. The molecule has 0 aliphatic heterocycles. The Hall–Kier alpha value is -3.01. The van der Waals surface area contributed by atoms with Crippen molar-refractivity contribution < 1.29 is 0 Å². The van der Waals surface area contributed by atoms with E-state index in [1.807, 2.05) is 12.1 Å². The van der Waals surface area contributed by atoms with Gasteiger partial charge in [-0.2, -0.15) is 14.6 Å². The molecule has 0 unspecified atom stereocenters. The molecular formula is C11H11N9S. The highest BCUT2D eigenvalue weighted by atomic mass is 32.1. The average molecular weight is 301 g/mol. The highest BCUT2D eigenvalue weighted by molar-refractivity contribution is 7.19. The van der Waals surface area contributed by atoms with Crippen LogP contribution in [0.1, 0.15) is 0 Å². The molecule has 0 saturated carbocycles. The van der Waals surface area contributed by atoms with Crippen LogP contribution < -0.4 is 17.2 Å². The van der Waals surface area contributed by atoms with Gasteiger partial charge in [0.2, 0.25) is 10.9 Å². The number of aliphatic imine (C=N–C) groups is 2. The normalized spacial score (nSPS) is 11.7. The largest absolute Gasteiger partial charge is 0.370 e. The summed E-state index contributed by atoms with van der Waals surface area (Å²) in [6, 6.07) is 7.36. The summed E-state index contributed by atoms with van der Waals surface area (Å²) in [5, 5.41) is 12.9. The van der Waals surface area contributed by atoms with Crippen LogP contribution in [0.2, 0.25) is 0 Å². The number of rotatable bonds is 2. The van der Waals surface area contributed by atoms with Crippen LogP contribution >= 0.6 is 11.3 Å². The summed E-state index contributed by atoms with van der Waals surface area (Å²) in [7, 11) is 0. The predicted molar refractivity (Wildman–Crippen MR) is 81.2 cm³/mol. The zero-order valence-corrected chi connectivity index (χ0v) is 11.5. The van der Waals surface area contributed by atoms with Gasteiger partial charge in [-0.3, -0.25) is 0 Å². The SMILES string of the molecule is NC(N)=NC(N)=Nc1ccc(-c2nn3cnnc3s2)cc1. The van der Waals surface area contributed by atoms with Crippen LogP contribution in [-0.2, 0) is 0 Å². The number of aromatic nitrogens is 4. The number of guanidine groups is 2. The molecule has 0 atom stereocenters. The minimum Gasteiger partial charge on any atom is -0.370 e. The molecule has 0 aliphatic rings. The van der Waals surface area contributed by atoms with Gasteiger partial charge in [0.25, 0.3) is 0 Å². The molecule has 0 bridgehead atoms. The van der Waals surface area contributed by atoms with E-state index in [-0.39, 0.29) is 11.9 Å². The van der Waals surface area contributed by atoms with E-state index in [9.17, 15) is 0 Å². The van der Waals surface area contributed by atoms with Crippen molar-refractivity contribution in [3.63, 3.8) is 0 Å². The van der Waals surface area contributed by atoms with E-state index in [1.54, 1.807) is 23.0 Å². The third kappa shape index (κ3) is 2.79. The lowest BCUT2D eigenvalue weighted by atomic mass is 10.2. The lowest BCUT2D eigenvalue weighted by Gasteiger charge is -1.98. The van der Waals surface area contributed by atoms with E-state index in [0.717, 1.165) is 15.5 Å². The second-order valence-electron chi connectivity index (χ2n) is 4.02. The van der Waals surface area contributed by atoms with E-state index >= 15 is 0 Å². The highest BCUT2D eigenvalue weighted by Gasteiger charge is 2.07. The van der Waals surface area contributed by atoms with Crippen LogP contribution in [-0.4, -0.2) is 31.7 Å². The molecule has 3 rings (SSSR count). The molecule has 0 radical (unpaired) electrons. The van der Waals surface area contributed by atoms with Crippen molar-refractivity contribution in [1.82, 2.24) is 19.8 Å². The van der Waals surface area contributed by atoms with Gasteiger partial charge >= 0.3 is 0 Å². The molecule has 10 heteroatoms. The maximum absolute atomic E-state index is 5.57. The third-order valence-electron chi connectivity index (χ3n) is 2.49. The number of hydrogen-bond acceptors (Lipinski definition) is 5. The van der Waals surface area contributed by atoms with Gasteiger partial charge < -0.3 is 17.2 Å². The summed E-state index contributed by atoms with van der Waals surface area (Å²) in [5.74, 6) is -0.130. The summed E-state index contributed by atoms with van der Waals surface area (Å²) >= 11 is 1.45. The smallest absolute Gasteiger partial charge is 0.234 e. The van der Waals surface area contributed by atoms with Gasteiger partial charge in [-0.25, -0.2) is 4.99 Å². The molecule has 0 spiro atoms. The van der Waals surface area contributed by atoms with E-state index < -0.39 is 0 Å². The Bertz CT molecular complexity index is 794. The lowest BCUT2D eigenvalue weighted by molar-refractivity contribution is 0.960. The topological polar surface area (TPSA) is 146 Å². The van der Waals surface area contributed by atoms with Crippen LogP contribution in [0.15, 0.2) is 40.6 Å². The molecule has 0 saturated heterocycles. The maximum atomic E-state index is 5.57. The van der Waals surface area contributed by atoms with Crippen LogP contribution in [0.3, 0.4) is 0 Å². The van der Waals surface area contributed by atoms with Gasteiger partial charge in [-0.15, -0.1) is 10.2 Å². The Labute approximate surface area is 122 Å². The molecule has 0 fully saturated rings. The molecule has 6 N–H and O–H groups in total.